The van der Waals surface area contributed by atoms with Crippen LogP contribution in [-0.2, 0) is 6.42 Å². The van der Waals surface area contributed by atoms with Crippen molar-refractivity contribution < 1.29 is 13.6 Å². The van der Waals surface area contributed by atoms with Gasteiger partial charge in [-0.05, 0) is 55.3 Å². The van der Waals surface area contributed by atoms with Gasteiger partial charge in [-0.1, -0.05) is 23.7 Å². The first-order chi connectivity index (χ1) is 14.0. The van der Waals surface area contributed by atoms with Gasteiger partial charge >= 0.3 is 0 Å². The minimum atomic E-state index is -0.292. The number of furan rings is 1. The molecule has 0 aliphatic carbocycles. The first kappa shape index (κ1) is 19.2. The molecule has 0 spiro atoms. The van der Waals surface area contributed by atoms with E-state index in [4.69, 9.17) is 16.0 Å². The normalized spacial score (nSPS) is 11.1. The van der Waals surface area contributed by atoms with Crippen LogP contribution in [-0.4, -0.2) is 34.6 Å². The van der Waals surface area contributed by atoms with E-state index >= 15 is 0 Å². The Kier molecular flexibility index (Phi) is 5.36. The summed E-state index contributed by atoms with van der Waals surface area (Å²) in [5.74, 6) is -0.179. The Morgan fingerprint density at radius 2 is 2.07 bits per heavy atom. The number of nitrogens with zero attached hydrogens (tertiary/aromatic N) is 2. The van der Waals surface area contributed by atoms with Crippen LogP contribution in [0, 0.1) is 5.82 Å². The molecule has 4 rings (SSSR count). The van der Waals surface area contributed by atoms with Crippen molar-refractivity contribution >= 4 is 28.5 Å². The largest absolute Gasteiger partial charge is 0.451 e. The molecule has 7 heteroatoms. The molecule has 29 heavy (non-hydrogen) atoms. The number of rotatable bonds is 6. The van der Waals surface area contributed by atoms with Crippen LogP contribution < -0.4 is 0 Å². The summed E-state index contributed by atoms with van der Waals surface area (Å²) in [5.41, 5.74) is 2.99. The van der Waals surface area contributed by atoms with E-state index in [2.05, 4.69) is 10.2 Å². The Labute approximate surface area is 172 Å². The van der Waals surface area contributed by atoms with Gasteiger partial charge in [-0.2, -0.15) is 5.10 Å². The molecule has 2 heterocycles. The predicted molar refractivity (Wildman–Crippen MR) is 110 cm³/mol. The van der Waals surface area contributed by atoms with Gasteiger partial charge < -0.3 is 9.32 Å². The molecule has 5 nitrogen and oxygen atoms in total. The van der Waals surface area contributed by atoms with Crippen molar-refractivity contribution in [3.8, 4) is 11.3 Å². The number of benzene rings is 2. The van der Waals surface area contributed by atoms with E-state index in [0.717, 1.165) is 29.5 Å². The molecule has 0 aliphatic heterocycles. The molecule has 0 aliphatic rings. The van der Waals surface area contributed by atoms with Crippen molar-refractivity contribution in [3.05, 3.63) is 76.9 Å². The standard InChI is InChI=1S/C22H19ClFN3O2/c1-27(22(28)21-12-15-10-16(23)7-8-20(15)29-21)9-3-6-18-13-19(26-25-18)14-4-2-5-17(24)11-14/h2,4-5,7-8,10-13H,3,6,9H2,1H3,(H,25,26). The molecule has 0 saturated heterocycles. The number of H-pyrrole nitrogens is 1. The molecule has 4 aromatic rings. The summed E-state index contributed by atoms with van der Waals surface area (Å²) in [6.45, 7) is 0.560. The first-order valence-corrected chi connectivity index (χ1v) is 9.62. The van der Waals surface area contributed by atoms with E-state index in [9.17, 15) is 9.18 Å². The molecule has 1 N–H and O–H groups in total. The van der Waals surface area contributed by atoms with Crippen LogP contribution in [0.15, 0.2) is 59.0 Å². The molecule has 0 saturated carbocycles. The molecule has 0 atom stereocenters. The number of aryl methyl sites for hydroxylation is 1. The minimum Gasteiger partial charge on any atom is -0.451 e. The van der Waals surface area contributed by atoms with E-state index in [1.807, 2.05) is 12.1 Å². The van der Waals surface area contributed by atoms with Crippen molar-refractivity contribution in [3.63, 3.8) is 0 Å². The lowest BCUT2D eigenvalue weighted by Gasteiger charge is -2.15. The third-order valence-electron chi connectivity index (χ3n) is 4.73. The van der Waals surface area contributed by atoms with Gasteiger partial charge in [0.1, 0.15) is 11.4 Å². The van der Waals surface area contributed by atoms with Crippen LogP contribution in [0.3, 0.4) is 0 Å². The number of carbonyl (C=O) groups is 1. The maximum atomic E-state index is 13.4. The molecular weight excluding hydrogens is 393 g/mol. The Hall–Kier alpha value is -3.12. The van der Waals surface area contributed by atoms with Crippen molar-refractivity contribution in [2.24, 2.45) is 0 Å². The van der Waals surface area contributed by atoms with Crippen molar-refractivity contribution in [1.29, 1.82) is 0 Å². The second-order valence-electron chi connectivity index (χ2n) is 6.91. The van der Waals surface area contributed by atoms with Crippen molar-refractivity contribution in [2.75, 3.05) is 13.6 Å². The number of carbonyl (C=O) groups excluding carboxylic acids is 1. The molecule has 2 aromatic heterocycles. The van der Waals surface area contributed by atoms with E-state index in [0.29, 0.717) is 28.6 Å². The third-order valence-corrected chi connectivity index (χ3v) is 4.96. The van der Waals surface area contributed by atoms with Gasteiger partial charge in [-0.3, -0.25) is 9.89 Å². The maximum Gasteiger partial charge on any atom is 0.289 e. The highest BCUT2D eigenvalue weighted by Gasteiger charge is 2.17. The lowest BCUT2D eigenvalue weighted by Crippen LogP contribution is -2.27. The number of aromatic nitrogens is 2. The number of fused-ring (bicyclic) bond motifs is 1. The van der Waals surface area contributed by atoms with Crippen LogP contribution in [0.5, 0.6) is 0 Å². The van der Waals surface area contributed by atoms with E-state index < -0.39 is 0 Å². The van der Waals surface area contributed by atoms with E-state index in [-0.39, 0.29) is 11.7 Å². The topological polar surface area (TPSA) is 62.1 Å². The third kappa shape index (κ3) is 4.32. The Morgan fingerprint density at radius 1 is 1.21 bits per heavy atom. The number of hydrogen-bond acceptors (Lipinski definition) is 3. The predicted octanol–water partition coefficient (Wildman–Crippen LogP) is 5.32. The van der Waals surface area contributed by atoms with Crippen molar-refractivity contribution in [1.82, 2.24) is 15.1 Å². The fourth-order valence-electron chi connectivity index (χ4n) is 3.20. The summed E-state index contributed by atoms with van der Waals surface area (Å²) >= 11 is 5.98. The molecule has 0 unspecified atom stereocenters. The van der Waals surface area contributed by atoms with Gasteiger partial charge in [0.05, 0.1) is 5.69 Å². The molecule has 0 bridgehead atoms. The van der Waals surface area contributed by atoms with Crippen molar-refractivity contribution in [2.45, 2.75) is 12.8 Å². The highest BCUT2D eigenvalue weighted by atomic mass is 35.5. The monoisotopic (exact) mass is 411 g/mol. The summed E-state index contributed by atoms with van der Waals surface area (Å²) in [6, 6.07) is 15.2. The Bertz CT molecular complexity index is 1170. The lowest BCUT2D eigenvalue weighted by molar-refractivity contribution is 0.0764. The molecule has 0 radical (unpaired) electrons. The summed E-state index contributed by atoms with van der Waals surface area (Å²) in [6.07, 6.45) is 1.47. The molecular formula is C22H19ClFN3O2. The maximum absolute atomic E-state index is 13.4. The Balaban J connectivity index is 1.34. The van der Waals surface area contributed by atoms with Gasteiger partial charge in [0.25, 0.3) is 5.91 Å². The second kappa shape index (κ2) is 8.09. The van der Waals surface area contributed by atoms with Crippen LogP contribution in [0.1, 0.15) is 22.7 Å². The fourth-order valence-corrected chi connectivity index (χ4v) is 3.38. The highest BCUT2D eigenvalue weighted by Crippen LogP contribution is 2.24. The van der Waals surface area contributed by atoms with Crippen LogP contribution in [0.25, 0.3) is 22.2 Å². The molecule has 1 amide bonds. The van der Waals surface area contributed by atoms with E-state index in [1.165, 1.54) is 12.1 Å². The number of nitrogens with one attached hydrogen (secondary N) is 1. The van der Waals surface area contributed by atoms with Gasteiger partial charge in [0.15, 0.2) is 5.76 Å². The summed E-state index contributed by atoms with van der Waals surface area (Å²) in [4.78, 5) is 14.2. The van der Waals surface area contributed by atoms with Crippen LogP contribution >= 0.6 is 11.6 Å². The zero-order valence-corrected chi connectivity index (χ0v) is 16.5. The van der Waals surface area contributed by atoms with Crippen LogP contribution in [0.4, 0.5) is 4.39 Å². The van der Waals surface area contributed by atoms with Gasteiger partial charge in [-0.25, -0.2) is 4.39 Å². The highest BCUT2D eigenvalue weighted by molar-refractivity contribution is 6.31. The SMILES string of the molecule is CN(CCCc1cc(-c2cccc(F)c2)n[nH]1)C(=O)c1cc2cc(Cl)ccc2o1. The smallest absolute Gasteiger partial charge is 0.289 e. The summed E-state index contributed by atoms with van der Waals surface area (Å²) in [5, 5.41) is 8.62. The van der Waals surface area contributed by atoms with Gasteiger partial charge in [0.2, 0.25) is 0 Å². The molecule has 2 aromatic carbocycles. The first-order valence-electron chi connectivity index (χ1n) is 9.24. The van der Waals surface area contributed by atoms with Crippen LogP contribution in [0.2, 0.25) is 5.02 Å². The number of hydrogen-bond donors (Lipinski definition) is 1. The lowest BCUT2D eigenvalue weighted by atomic mass is 10.1. The molecule has 0 fully saturated rings. The van der Waals surface area contributed by atoms with Gasteiger partial charge in [0, 0.05) is 35.3 Å². The van der Waals surface area contributed by atoms with Gasteiger partial charge in [-0.15, -0.1) is 0 Å². The summed E-state index contributed by atoms with van der Waals surface area (Å²) < 4.78 is 19.0. The van der Waals surface area contributed by atoms with E-state index in [1.54, 1.807) is 42.3 Å². The fraction of sp³-hybridized carbons (Fsp3) is 0.182. The minimum absolute atomic E-state index is 0.178. The Morgan fingerprint density at radius 3 is 2.90 bits per heavy atom. The zero-order chi connectivity index (χ0) is 20.4. The number of amides is 1. The summed E-state index contributed by atoms with van der Waals surface area (Å²) in [7, 11) is 1.74. The quantitative estimate of drug-likeness (QED) is 0.467. The average molecular weight is 412 g/mol. The average Bonchev–Trinajstić information content (AvgIpc) is 3.34. The number of aromatic amines is 1. The molecule has 148 valence electrons. The number of halogens is 2. The second-order valence-corrected chi connectivity index (χ2v) is 7.35. The zero-order valence-electron chi connectivity index (χ0n) is 15.8.